The third-order valence-corrected chi connectivity index (χ3v) is 5.39. The molecule has 0 saturated heterocycles. The van der Waals surface area contributed by atoms with Crippen LogP contribution in [0.3, 0.4) is 0 Å². The van der Waals surface area contributed by atoms with Gasteiger partial charge in [-0.1, -0.05) is 36.4 Å². The summed E-state index contributed by atoms with van der Waals surface area (Å²) in [6.07, 6.45) is 1.05. The lowest BCUT2D eigenvalue weighted by molar-refractivity contribution is -0.135. The summed E-state index contributed by atoms with van der Waals surface area (Å²) in [7, 11) is 4.73. The van der Waals surface area contributed by atoms with Crippen molar-refractivity contribution >= 4 is 5.91 Å². The second-order valence-corrected chi connectivity index (χ2v) is 7.01. The van der Waals surface area contributed by atoms with Crippen molar-refractivity contribution in [2.24, 2.45) is 0 Å². The van der Waals surface area contributed by atoms with E-state index in [0.717, 1.165) is 11.1 Å². The van der Waals surface area contributed by atoms with Gasteiger partial charge in [0.2, 0.25) is 11.7 Å². The van der Waals surface area contributed by atoms with Gasteiger partial charge in [0.1, 0.15) is 0 Å². The van der Waals surface area contributed by atoms with Gasteiger partial charge in [0.25, 0.3) is 0 Å². The summed E-state index contributed by atoms with van der Waals surface area (Å²) in [5.74, 6) is 1.69. The van der Waals surface area contributed by atoms with Gasteiger partial charge in [-0.25, -0.2) is 0 Å². The van der Waals surface area contributed by atoms with E-state index in [-0.39, 0.29) is 5.91 Å². The highest BCUT2D eigenvalue weighted by molar-refractivity contribution is 5.89. The first kappa shape index (κ1) is 20.0. The van der Waals surface area contributed by atoms with Crippen molar-refractivity contribution in [3.05, 3.63) is 53.6 Å². The maximum Gasteiger partial charge on any atom is 0.230 e. The fourth-order valence-corrected chi connectivity index (χ4v) is 3.89. The maximum atomic E-state index is 13.0. The minimum absolute atomic E-state index is 0.0524. The quantitative estimate of drug-likeness (QED) is 0.730. The Morgan fingerprint density at radius 3 is 2.29 bits per heavy atom. The highest BCUT2D eigenvalue weighted by Crippen LogP contribution is 2.44. The van der Waals surface area contributed by atoms with Crippen LogP contribution < -0.4 is 19.5 Å². The molecule has 0 aromatic heterocycles. The summed E-state index contributed by atoms with van der Waals surface area (Å²) in [5, 5.41) is 12.9. The van der Waals surface area contributed by atoms with E-state index >= 15 is 0 Å². The van der Waals surface area contributed by atoms with Gasteiger partial charge < -0.3 is 24.6 Å². The second-order valence-electron chi connectivity index (χ2n) is 7.01. The van der Waals surface area contributed by atoms with Gasteiger partial charge in [-0.2, -0.15) is 0 Å². The lowest BCUT2D eigenvalue weighted by Crippen LogP contribution is -2.55. The first-order valence-corrected chi connectivity index (χ1v) is 9.35. The number of aliphatic hydroxyl groups excluding tert-OH is 1. The number of ether oxygens (including phenoxy) is 3. The predicted molar refractivity (Wildman–Crippen MR) is 106 cm³/mol. The molecule has 1 aliphatic rings. The summed E-state index contributed by atoms with van der Waals surface area (Å²) in [6, 6.07) is 13.4. The van der Waals surface area contributed by atoms with Crippen molar-refractivity contribution in [1.29, 1.82) is 0 Å². The molecule has 1 fully saturated rings. The van der Waals surface area contributed by atoms with E-state index in [0.29, 0.717) is 43.1 Å². The Bertz CT molecular complexity index is 815. The molecule has 0 spiro atoms. The standard InChI is InChI=1S/C22H27NO5/c1-26-18-10-9-15(19(27-2)20(18)28-3)11-12-23-21(25)22(13-17(24)14-22)16-7-5-4-6-8-16/h4-10,17,24H,11-14H2,1-3H3,(H,23,25). The number of aliphatic hydroxyl groups is 1. The zero-order chi connectivity index (χ0) is 20.1. The average molecular weight is 385 g/mol. The Hall–Kier alpha value is -2.73. The maximum absolute atomic E-state index is 13.0. The number of rotatable bonds is 8. The van der Waals surface area contributed by atoms with Gasteiger partial charge in [0.15, 0.2) is 11.5 Å². The summed E-state index contributed by atoms with van der Waals surface area (Å²) < 4.78 is 16.2. The Labute approximate surface area is 165 Å². The molecule has 0 heterocycles. The number of hydrogen-bond donors (Lipinski definition) is 2. The van der Waals surface area contributed by atoms with Crippen LogP contribution in [0, 0.1) is 0 Å². The van der Waals surface area contributed by atoms with Crippen LogP contribution in [0.2, 0.25) is 0 Å². The van der Waals surface area contributed by atoms with Gasteiger partial charge in [0, 0.05) is 12.1 Å². The van der Waals surface area contributed by atoms with Crippen LogP contribution in [-0.4, -0.2) is 45.0 Å². The molecular formula is C22H27NO5. The number of benzene rings is 2. The Morgan fingerprint density at radius 2 is 1.71 bits per heavy atom. The Balaban J connectivity index is 1.70. The first-order chi connectivity index (χ1) is 13.6. The van der Waals surface area contributed by atoms with Crippen LogP contribution in [-0.2, 0) is 16.6 Å². The van der Waals surface area contributed by atoms with Gasteiger partial charge in [-0.15, -0.1) is 0 Å². The zero-order valence-corrected chi connectivity index (χ0v) is 16.5. The normalized spacial score (nSPS) is 20.8. The highest BCUT2D eigenvalue weighted by Gasteiger charge is 2.50. The summed E-state index contributed by atoms with van der Waals surface area (Å²) in [6.45, 7) is 0.454. The predicted octanol–water partition coefficient (Wildman–Crippen LogP) is 2.46. The summed E-state index contributed by atoms with van der Waals surface area (Å²) in [5.41, 5.74) is 1.21. The molecule has 2 N–H and O–H groups in total. The molecule has 6 nitrogen and oxygen atoms in total. The van der Waals surface area contributed by atoms with Crippen molar-refractivity contribution < 1.29 is 24.1 Å². The van der Waals surface area contributed by atoms with Crippen molar-refractivity contribution in [1.82, 2.24) is 5.32 Å². The minimum Gasteiger partial charge on any atom is -0.493 e. The van der Waals surface area contributed by atoms with Crippen molar-refractivity contribution in [2.75, 3.05) is 27.9 Å². The molecule has 0 radical (unpaired) electrons. The van der Waals surface area contributed by atoms with E-state index in [9.17, 15) is 9.90 Å². The molecule has 1 aliphatic carbocycles. The van der Waals surface area contributed by atoms with Crippen molar-refractivity contribution in [3.8, 4) is 17.2 Å². The molecule has 3 rings (SSSR count). The van der Waals surface area contributed by atoms with Crippen LogP contribution >= 0.6 is 0 Å². The lowest BCUT2D eigenvalue weighted by atomic mass is 9.62. The molecule has 1 saturated carbocycles. The Morgan fingerprint density at radius 1 is 1.04 bits per heavy atom. The third-order valence-electron chi connectivity index (χ3n) is 5.39. The van der Waals surface area contributed by atoms with Crippen LogP contribution in [0.25, 0.3) is 0 Å². The average Bonchev–Trinajstić information content (AvgIpc) is 2.71. The van der Waals surface area contributed by atoms with Crippen LogP contribution in [0.15, 0.2) is 42.5 Å². The monoisotopic (exact) mass is 385 g/mol. The van der Waals surface area contributed by atoms with Crippen molar-refractivity contribution in [2.45, 2.75) is 30.8 Å². The van der Waals surface area contributed by atoms with E-state index in [1.165, 1.54) is 0 Å². The SMILES string of the molecule is COc1ccc(CCNC(=O)C2(c3ccccc3)CC(O)C2)c(OC)c1OC. The van der Waals surface area contributed by atoms with Gasteiger partial charge in [0.05, 0.1) is 32.8 Å². The van der Waals surface area contributed by atoms with E-state index in [1.54, 1.807) is 21.3 Å². The van der Waals surface area contributed by atoms with Crippen LogP contribution in [0.5, 0.6) is 17.2 Å². The highest BCUT2D eigenvalue weighted by atomic mass is 16.5. The topological polar surface area (TPSA) is 77.0 Å². The molecule has 0 aliphatic heterocycles. The molecule has 150 valence electrons. The molecule has 6 heteroatoms. The molecular weight excluding hydrogens is 358 g/mol. The molecule has 28 heavy (non-hydrogen) atoms. The number of methoxy groups -OCH3 is 3. The molecule has 0 unspecified atom stereocenters. The zero-order valence-electron chi connectivity index (χ0n) is 16.5. The third kappa shape index (κ3) is 3.64. The first-order valence-electron chi connectivity index (χ1n) is 9.35. The fraction of sp³-hybridized carbons (Fsp3) is 0.409. The van der Waals surface area contributed by atoms with Gasteiger partial charge >= 0.3 is 0 Å². The van der Waals surface area contributed by atoms with Crippen LogP contribution in [0.1, 0.15) is 24.0 Å². The summed E-state index contributed by atoms with van der Waals surface area (Å²) in [4.78, 5) is 13.0. The number of carbonyl (C=O) groups is 1. The van der Waals surface area contributed by atoms with E-state index < -0.39 is 11.5 Å². The molecule has 2 aromatic carbocycles. The van der Waals surface area contributed by atoms with Crippen LogP contribution in [0.4, 0.5) is 0 Å². The minimum atomic E-state index is -0.650. The fourth-order valence-electron chi connectivity index (χ4n) is 3.89. The molecule has 1 amide bonds. The number of hydrogen-bond acceptors (Lipinski definition) is 5. The largest absolute Gasteiger partial charge is 0.493 e. The van der Waals surface area contributed by atoms with Gasteiger partial charge in [-0.05, 0) is 30.9 Å². The van der Waals surface area contributed by atoms with E-state index in [4.69, 9.17) is 14.2 Å². The smallest absolute Gasteiger partial charge is 0.230 e. The number of nitrogens with one attached hydrogen (secondary N) is 1. The second kappa shape index (κ2) is 8.52. The van der Waals surface area contributed by atoms with Crippen molar-refractivity contribution in [3.63, 3.8) is 0 Å². The lowest BCUT2D eigenvalue weighted by Gasteiger charge is -2.44. The molecule has 0 atom stereocenters. The molecule has 2 aromatic rings. The van der Waals surface area contributed by atoms with E-state index in [2.05, 4.69) is 5.32 Å². The number of carbonyl (C=O) groups excluding carboxylic acids is 1. The Kier molecular flexibility index (Phi) is 6.09. The van der Waals surface area contributed by atoms with E-state index in [1.807, 2.05) is 42.5 Å². The number of amides is 1. The molecule has 0 bridgehead atoms. The van der Waals surface area contributed by atoms with Gasteiger partial charge in [-0.3, -0.25) is 4.79 Å². The summed E-state index contributed by atoms with van der Waals surface area (Å²) >= 11 is 0.